The summed E-state index contributed by atoms with van der Waals surface area (Å²) in [5.74, 6) is 0. The van der Waals surface area contributed by atoms with Crippen LogP contribution in [-0.2, 0) is 5.41 Å². The molecule has 0 bridgehead atoms. The summed E-state index contributed by atoms with van der Waals surface area (Å²) in [5, 5.41) is 20.6. The Morgan fingerprint density at radius 1 is 0.267 bits per heavy atom. The largest absolute Gasteiger partial charge is 0.310 e. The lowest BCUT2D eigenvalue weighted by Crippen LogP contribution is -2.16. The van der Waals surface area contributed by atoms with E-state index in [1.165, 1.54) is 108 Å². The number of fused-ring (bicyclic) bond motifs is 17. The van der Waals surface area contributed by atoms with Gasteiger partial charge >= 0.3 is 0 Å². The molecule has 13 rings (SSSR count). The minimum Gasteiger partial charge on any atom is -0.310 e. The predicted molar refractivity (Wildman–Crippen MR) is 259 cm³/mol. The molecule has 1 heteroatoms. The Kier molecular flexibility index (Phi) is 6.85. The average Bonchev–Trinajstić information content (AvgIpc) is 3.52. The number of hydrogen-bond acceptors (Lipinski definition) is 1. The fourth-order valence-corrected chi connectivity index (χ4v) is 10.8. The van der Waals surface area contributed by atoms with Gasteiger partial charge in [0.15, 0.2) is 0 Å². The molecule has 0 N–H and O–H groups in total. The zero-order valence-electron chi connectivity index (χ0n) is 33.5. The lowest BCUT2D eigenvalue weighted by atomic mass is 9.80. The van der Waals surface area contributed by atoms with Gasteiger partial charge in [0.25, 0.3) is 0 Å². The van der Waals surface area contributed by atoms with Gasteiger partial charge in [-0.2, -0.15) is 0 Å². The number of rotatable bonds is 3. The first-order chi connectivity index (χ1) is 29.5. The molecule has 0 unspecified atom stereocenters. The van der Waals surface area contributed by atoms with Gasteiger partial charge in [0, 0.05) is 22.5 Å². The van der Waals surface area contributed by atoms with Gasteiger partial charge in [0.2, 0.25) is 0 Å². The van der Waals surface area contributed by atoms with Gasteiger partial charge in [-0.25, -0.2) is 0 Å². The summed E-state index contributed by atoms with van der Waals surface area (Å²) >= 11 is 0. The molecular weight excluding hydrogens is 723 g/mol. The molecule has 0 spiro atoms. The van der Waals surface area contributed by atoms with Crippen LogP contribution in [-0.4, -0.2) is 0 Å². The molecule has 280 valence electrons. The molecule has 0 heterocycles. The molecule has 12 aromatic carbocycles. The summed E-state index contributed by atoms with van der Waals surface area (Å²) in [6, 6.07) is 75.1. The van der Waals surface area contributed by atoms with E-state index in [0.29, 0.717) is 0 Å². The maximum atomic E-state index is 2.54. The summed E-state index contributed by atoms with van der Waals surface area (Å²) in [5.41, 5.74) is 8.61. The Bertz CT molecular complexity index is 3730. The van der Waals surface area contributed by atoms with Crippen LogP contribution in [0.4, 0.5) is 17.1 Å². The second kappa shape index (κ2) is 12.3. The van der Waals surface area contributed by atoms with Gasteiger partial charge in [-0.05, 0) is 169 Å². The predicted octanol–water partition coefficient (Wildman–Crippen LogP) is 16.7. The van der Waals surface area contributed by atoms with E-state index < -0.39 is 0 Å². The van der Waals surface area contributed by atoms with Crippen LogP contribution < -0.4 is 4.90 Å². The number of anilines is 3. The lowest BCUT2D eigenvalue weighted by Gasteiger charge is -2.28. The maximum absolute atomic E-state index is 2.54. The number of benzene rings is 12. The highest BCUT2D eigenvalue weighted by Crippen LogP contribution is 2.53. The number of nitrogens with zero attached hydrogens (tertiary/aromatic N) is 1. The highest BCUT2D eigenvalue weighted by atomic mass is 15.1. The fourth-order valence-electron chi connectivity index (χ4n) is 10.8. The van der Waals surface area contributed by atoms with Crippen molar-refractivity contribution in [2.45, 2.75) is 19.3 Å². The van der Waals surface area contributed by atoms with Crippen molar-refractivity contribution in [3.63, 3.8) is 0 Å². The van der Waals surface area contributed by atoms with Crippen molar-refractivity contribution in [2.75, 3.05) is 4.90 Å². The fraction of sp³-hybridized carbons (Fsp3) is 0.0508. The van der Waals surface area contributed by atoms with Crippen LogP contribution in [0.5, 0.6) is 0 Å². The Labute approximate surface area is 348 Å². The van der Waals surface area contributed by atoms with Crippen molar-refractivity contribution in [1.82, 2.24) is 0 Å². The molecule has 0 saturated carbocycles. The van der Waals surface area contributed by atoms with E-state index in [1.807, 2.05) is 0 Å². The monoisotopic (exact) mass is 761 g/mol. The van der Waals surface area contributed by atoms with Crippen LogP contribution in [0.15, 0.2) is 200 Å². The molecule has 1 aliphatic carbocycles. The van der Waals surface area contributed by atoms with Crippen molar-refractivity contribution in [2.24, 2.45) is 0 Å². The third-order valence-corrected chi connectivity index (χ3v) is 13.7. The quantitative estimate of drug-likeness (QED) is 0.128. The van der Waals surface area contributed by atoms with E-state index in [1.54, 1.807) is 0 Å². The average molecular weight is 762 g/mol. The van der Waals surface area contributed by atoms with Gasteiger partial charge in [-0.1, -0.05) is 153 Å². The van der Waals surface area contributed by atoms with Crippen LogP contribution in [0.25, 0.3) is 97.3 Å². The van der Waals surface area contributed by atoms with E-state index in [0.717, 1.165) is 17.1 Å². The third-order valence-electron chi connectivity index (χ3n) is 13.7. The molecule has 0 aliphatic heterocycles. The molecule has 0 saturated heterocycles. The molecule has 0 atom stereocenters. The first-order valence-corrected chi connectivity index (χ1v) is 21.1. The van der Waals surface area contributed by atoms with Crippen LogP contribution in [0.1, 0.15) is 25.0 Å². The molecule has 0 aromatic heterocycles. The van der Waals surface area contributed by atoms with E-state index >= 15 is 0 Å². The first kappa shape index (κ1) is 33.5. The summed E-state index contributed by atoms with van der Waals surface area (Å²) in [4.78, 5) is 2.44. The minimum atomic E-state index is -0.231. The summed E-state index contributed by atoms with van der Waals surface area (Å²) in [6.45, 7) is 4.84. The van der Waals surface area contributed by atoms with Gasteiger partial charge in [0.1, 0.15) is 0 Å². The Hall–Kier alpha value is -7.48. The van der Waals surface area contributed by atoms with Gasteiger partial charge in [-0.15, -0.1) is 0 Å². The molecule has 60 heavy (non-hydrogen) atoms. The van der Waals surface area contributed by atoms with Crippen molar-refractivity contribution in [3.8, 4) is 11.1 Å². The van der Waals surface area contributed by atoms with Crippen molar-refractivity contribution < 1.29 is 0 Å². The Balaban J connectivity index is 1.05. The second-order valence-electron chi connectivity index (χ2n) is 17.3. The first-order valence-electron chi connectivity index (χ1n) is 21.1. The SMILES string of the molecule is CC1(C)c2cc(N(c3ccc4ccccc4c3)c3ccc4ccccc4c3)ccc2-c2cc3c4ccccc4c4cc5c6ccccc6c6ccccc6c5cc4c3cc21. The minimum absolute atomic E-state index is 0.231. The third kappa shape index (κ3) is 4.69. The van der Waals surface area contributed by atoms with Gasteiger partial charge < -0.3 is 4.90 Å². The zero-order valence-corrected chi connectivity index (χ0v) is 33.5. The van der Waals surface area contributed by atoms with E-state index in [2.05, 4.69) is 219 Å². The van der Waals surface area contributed by atoms with Gasteiger partial charge in [0.05, 0.1) is 0 Å². The number of hydrogen-bond donors (Lipinski definition) is 0. The summed E-state index contributed by atoms with van der Waals surface area (Å²) in [6.07, 6.45) is 0. The maximum Gasteiger partial charge on any atom is 0.0468 e. The normalized spacial score (nSPS) is 13.3. The van der Waals surface area contributed by atoms with Gasteiger partial charge in [-0.3, -0.25) is 0 Å². The van der Waals surface area contributed by atoms with Crippen molar-refractivity contribution in [3.05, 3.63) is 211 Å². The topological polar surface area (TPSA) is 3.24 Å². The standard InChI is InChI=1S/C59H39N/c1-59(2)57-31-42(60(40-25-23-36-13-3-5-15-38(36)29-40)41-26-24-37-14-4-6-16-39(37)30-41)27-28-49(57)56-34-53-48-22-12-11-21-47(48)52-32-50-45-19-9-7-17-43(45)44-18-8-10-20-46(44)51(50)33-54(52)55(53)35-58(56)59/h3-35H,1-2H3. The van der Waals surface area contributed by atoms with E-state index in [9.17, 15) is 0 Å². The van der Waals surface area contributed by atoms with E-state index in [-0.39, 0.29) is 5.41 Å². The lowest BCUT2D eigenvalue weighted by molar-refractivity contribution is 0.661. The van der Waals surface area contributed by atoms with Crippen LogP contribution in [0, 0.1) is 0 Å². The highest BCUT2D eigenvalue weighted by Gasteiger charge is 2.37. The molecule has 1 nitrogen and oxygen atoms in total. The molecule has 12 aromatic rings. The van der Waals surface area contributed by atoms with Crippen LogP contribution in [0.2, 0.25) is 0 Å². The second-order valence-corrected chi connectivity index (χ2v) is 17.3. The summed E-state index contributed by atoms with van der Waals surface area (Å²) in [7, 11) is 0. The molecule has 0 radical (unpaired) electrons. The Morgan fingerprint density at radius 3 is 1.12 bits per heavy atom. The van der Waals surface area contributed by atoms with E-state index in [4.69, 9.17) is 0 Å². The summed E-state index contributed by atoms with van der Waals surface area (Å²) < 4.78 is 0. The molecule has 0 amide bonds. The van der Waals surface area contributed by atoms with Crippen molar-refractivity contribution >= 4 is 103 Å². The molecule has 0 fully saturated rings. The smallest absolute Gasteiger partial charge is 0.0468 e. The van der Waals surface area contributed by atoms with Crippen LogP contribution in [0.3, 0.4) is 0 Å². The van der Waals surface area contributed by atoms with Crippen LogP contribution >= 0.6 is 0 Å². The molecule has 1 aliphatic rings. The Morgan fingerprint density at radius 2 is 0.617 bits per heavy atom. The molecular formula is C59H39N. The van der Waals surface area contributed by atoms with Crippen molar-refractivity contribution in [1.29, 1.82) is 0 Å². The zero-order chi connectivity index (χ0) is 39.7. The highest BCUT2D eigenvalue weighted by molar-refractivity contribution is 6.33.